The lowest BCUT2D eigenvalue weighted by atomic mass is 10.1. The number of aromatic nitrogens is 1. The molecule has 0 spiro atoms. The number of unbranched alkanes of at least 4 members (excludes halogenated alkanes) is 1. The third kappa shape index (κ3) is 4.97. The largest absolute Gasteiger partial charge is 0.378 e. The van der Waals surface area contributed by atoms with Crippen LogP contribution < -0.4 is 8.86 Å². The first kappa shape index (κ1) is 21.1. The molecule has 6 heteroatoms. The summed E-state index contributed by atoms with van der Waals surface area (Å²) in [5.74, 6) is -0.317. The van der Waals surface area contributed by atoms with Crippen LogP contribution in [0.2, 0.25) is 0 Å². The highest BCUT2D eigenvalue weighted by Gasteiger charge is 2.18. The fourth-order valence-electron chi connectivity index (χ4n) is 3.35. The van der Waals surface area contributed by atoms with Crippen molar-refractivity contribution in [3.05, 3.63) is 78.2 Å². The van der Waals surface area contributed by atoms with Gasteiger partial charge in [0.25, 0.3) is 5.69 Å². The van der Waals surface area contributed by atoms with Gasteiger partial charge in [0.15, 0.2) is 12.0 Å². The van der Waals surface area contributed by atoms with Crippen molar-refractivity contribution in [2.45, 2.75) is 26.2 Å². The minimum Gasteiger partial charge on any atom is -0.378 e. The molecule has 3 aromatic carbocycles. The first-order chi connectivity index (χ1) is 15.0. The number of hydrogen-bond donors (Lipinski definition) is 0. The number of nitrogens with zero attached hydrogens (tertiary/aromatic N) is 4. The Hall–Kier alpha value is -3.12. The zero-order valence-corrected chi connectivity index (χ0v) is 18.9. The number of azo groups is 1. The lowest BCUT2D eigenvalue weighted by Gasteiger charge is -2.11. The van der Waals surface area contributed by atoms with Crippen LogP contribution in [0.15, 0.2) is 77.1 Å². The molecule has 0 bridgehead atoms. The van der Waals surface area contributed by atoms with Gasteiger partial charge in [-0.2, -0.15) is 14.6 Å². The molecule has 158 valence electrons. The van der Waals surface area contributed by atoms with Crippen molar-refractivity contribution in [2.24, 2.45) is 10.2 Å². The van der Waals surface area contributed by atoms with Crippen LogP contribution in [-0.4, -0.2) is 14.1 Å². The molecule has 0 aliphatic rings. The predicted octanol–water partition coefficient (Wildman–Crippen LogP) is 7.14. The van der Waals surface area contributed by atoms with Gasteiger partial charge in [-0.3, -0.25) is 0 Å². The molecule has 0 atom stereocenters. The monoisotopic (exact) mass is 433 g/mol. The van der Waals surface area contributed by atoms with Gasteiger partial charge in [0.2, 0.25) is 0 Å². The summed E-state index contributed by atoms with van der Waals surface area (Å²) in [6.07, 6.45) is 5.42. The first-order valence-electron chi connectivity index (χ1n) is 10.5. The molecule has 0 amide bonds. The Morgan fingerprint density at radius 2 is 1.68 bits per heavy atom. The molecular weight excluding hydrogens is 407 g/mol. The van der Waals surface area contributed by atoms with E-state index in [1.807, 2.05) is 53.4 Å². The highest BCUT2D eigenvalue weighted by molar-refractivity contribution is 7.09. The highest BCUT2D eigenvalue weighted by Crippen LogP contribution is 2.25. The second-order valence-corrected chi connectivity index (χ2v) is 8.78. The molecule has 31 heavy (non-hydrogen) atoms. The van der Waals surface area contributed by atoms with E-state index in [2.05, 4.69) is 35.4 Å². The highest BCUT2D eigenvalue weighted by atomic mass is 32.1. The average Bonchev–Trinajstić information content (AvgIpc) is 3.19. The summed E-state index contributed by atoms with van der Waals surface area (Å²) in [7, 11) is 3.97. The zero-order valence-electron chi connectivity index (χ0n) is 18.0. The number of fused-ring (bicyclic) bond motifs is 1. The number of aryl methyl sites for hydroxylation is 1. The normalized spacial score (nSPS) is 11.5. The van der Waals surface area contributed by atoms with Gasteiger partial charge >= 0.3 is 0 Å². The summed E-state index contributed by atoms with van der Waals surface area (Å²) in [6, 6.07) is 19.2. The van der Waals surface area contributed by atoms with E-state index in [-0.39, 0.29) is 5.82 Å². The summed E-state index contributed by atoms with van der Waals surface area (Å²) in [6.45, 7) is 2.20. The predicted molar refractivity (Wildman–Crippen MR) is 127 cm³/mol. The van der Waals surface area contributed by atoms with Gasteiger partial charge in [-0.25, -0.2) is 0 Å². The SMILES string of the molecule is CCCCc1ccc2c[n+](-c3ccc(N=Nc4ccc(N(C)C)cc4)cc3F)sc2c1. The van der Waals surface area contributed by atoms with Crippen LogP contribution in [0, 0.1) is 5.82 Å². The third-order valence-corrected chi connectivity index (χ3v) is 6.21. The Morgan fingerprint density at radius 1 is 0.935 bits per heavy atom. The van der Waals surface area contributed by atoms with E-state index in [4.69, 9.17) is 0 Å². The first-order valence-corrected chi connectivity index (χ1v) is 11.2. The van der Waals surface area contributed by atoms with Crippen molar-refractivity contribution < 1.29 is 8.35 Å². The van der Waals surface area contributed by atoms with E-state index in [0.717, 1.165) is 27.9 Å². The van der Waals surface area contributed by atoms with Gasteiger partial charge in [-0.1, -0.05) is 23.4 Å². The molecule has 0 saturated carbocycles. The Kier molecular flexibility index (Phi) is 6.37. The molecule has 1 aromatic heterocycles. The van der Waals surface area contributed by atoms with Crippen LogP contribution in [0.4, 0.5) is 21.5 Å². The maximum Gasteiger partial charge on any atom is 0.260 e. The number of rotatable bonds is 7. The van der Waals surface area contributed by atoms with Crippen molar-refractivity contribution in [1.29, 1.82) is 0 Å². The summed E-state index contributed by atoms with van der Waals surface area (Å²) < 4.78 is 17.9. The summed E-state index contributed by atoms with van der Waals surface area (Å²) in [4.78, 5) is 2.02. The maximum atomic E-state index is 14.9. The molecular formula is C25H26FN4S+. The molecule has 0 fully saturated rings. The topological polar surface area (TPSA) is 31.8 Å². The fourth-order valence-corrected chi connectivity index (χ4v) is 4.40. The zero-order chi connectivity index (χ0) is 21.8. The van der Waals surface area contributed by atoms with Crippen molar-refractivity contribution in [2.75, 3.05) is 19.0 Å². The van der Waals surface area contributed by atoms with Crippen LogP contribution in [0.5, 0.6) is 0 Å². The van der Waals surface area contributed by atoms with Crippen LogP contribution in [0.1, 0.15) is 25.3 Å². The van der Waals surface area contributed by atoms with E-state index in [0.29, 0.717) is 11.4 Å². The lowest BCUT2D eigenvalue weighted by molar-refractivity contribution is -0.521. The molecule has 4 aromatic rings. The van der Waals surface area contributed by atoms with Gasteiger partial charge in [0.1, 0.15) is 16.2 Å². The Balaban J connectivity index is 1.54. The van der Waals surface area contributed by atoms with Crippen molar-refractivity contribution >= 4 is 38.7 Å². The van der Waals surface area contributed by atoms with Crippen molar-refractivity contribution in [3.8, 4) is 5.69 Å². The number of benzene rings is 3. The van der Waals surface area contributed by atoms with Gasteiger partial charge in [0, 0.05) is 31.9 Å². The summed E-state index contributed by atoms with van der Waals surface area (Å²) in [5.41, 5.74) is 4.16. The minimum atomic E-state index is -0.317. The number of halogens is 1. The van der Waals surface area contributed by atoms with Crippen molar-refractivity contribution in [3.63, 3.8) is 0 Å². The molecule has 0 unspecified atom stereocenters. The van der Waals surface area contributed by atoms with Gasteiger partial charge in [-0.05, 0) is 60.9 Å². The van der Waals surface area contributed by atoms with E-state index in [1.54, 1.807) is 23.7 Å². The van der Waals surface area contributed by atoms with E-state index >= 15 is 0 Å². The average molecular weight is 434 g/mol. The Morgan fingerprint density at radius 3 is 2.39 bits per heavy atom. The quantitative estimate of drug-likeness (QED) is 0.225. The molecule has 4 rings (SSSR count). The number of hydrogen-bond acceptors (Lipinski definition) is 4. The summed E-state index contributed by atoms with van der Waals surface area (Å²) >= 11 is 1.55. The molecule has 0 radical (unpaired) electrons. The second kappa shape index (κ2) is 9.35. The molecule has 0 aliphatic carbocycles. The molecule has 4 nitrogen and oxygen atoms in total. The van der Waals surface area contributed by atoms with Gasteiger partial charge in [-0.15, -0.1) is 0 Å². The smallest absolute Gasteiger partial charge is 0.260 e. The van der Waals surface area contributed by atoms with E-state index < -0.39 is 0 Å². The van der Waals surface area contributed by atoms with Crippen LogP contribution in [-0.2, 0) is 6.42 Å². The molecule has 0 N–H and O–H groups in total. The molecule has 0 aliphatic heterocycles. The Bertz CT molecular complexity index is 1210. The number of anilines is 1. The standard InChI is InChI=1S/C25H26FN4S/c1-4-5-6-18-7-8-19-17-30(31-25(19)15-18)24-14-11-21(16-23(24)26)28-27-20-9-12-22(13-10-20)29(2)3/h7-17H,4-6H2,1-3H3/q+1. The van der Waals surface area contributed by atoms with E-state index in [9.17, 15) is 4.39 Å². The molecule has 1 heterocycles. The lowest BCUT2D eigenvalue weighted by Crippen LogP contribution is -2.25. The fraction of sp³-hybridized carbons (Fsp3) is 0.240. The van der Waals surface area contributed by atoms with Gasteiger partial charge < -0.3 is 4.90 Å². The third-order valence-electron chi connectivity index (χ3n) is 5.17. The maximum absolute atomic E-state index is 14.9. The van der Waals surface area contributed by atoms with E-state index in [1.165, 1.54) is 24.5 Å². The van der Waals surface area contributed by atoms with Crippen LogP contribution in [0.3, 0.4) is 0 Å². The Labute approximate surface area is 186 Å². The minimum absolute atomic E-state index is 0.317. The van der Waals surface area contributed by atoms with Crippen molar-refractivity contribution in [1.82, 2.24) is 0 Å². The second-order valence-electron chi connectivity index (χ2n) is 7.77. The van der Waals surface area contributed by atoms with Crippen LogP contribution >= 0.6 is 11.5 Å². The van der Waals surface area contributed by atoms with Gasteiger partial charge in [0.05, 0.1) is 16.8 Å². The summed E-state index contributed by atoms with van der Waals surface area (Å²) in [5, 5.41) is 9.54. The van der Waals surface area contributed by atoms with Crippen LogP contribution in [0.25, 0.3) is 15.8 Å². The molecule has 0 saturated heterocycles.